The summed E-state index contributed by atoms with van der Waals surface area (Å²) in [6.45, 7) is 6.17. The fraction of sp³-hybridized carbons (Fsp3) is 0.478. The molecule has 0 radical (unpaired) electrons. The number of hydrogen-bond acceptors (Lipinski definition) is 3. The number of fused-ring (bicyclic) bond motifs is 1. The summed E-state index contributed by atoms with van der Waals surface area (Å²) in [6.07, 6.45) is -2.18. The van der Waals surface area contributed by atoms with E-state index in [0.717, 1.165) is 12.0 Å². The van der Waals surface area contributed by atoms with Gasteiger partial charge in [0, 0.05) is 11.4 Å². The molecule has 1 aromatic carbocycles. The van der Waals surface area contributed by atoms with Gasteiger partial charge < -0.3 is 0 Å². The second-order valence-corrected chi connectivity index (χ2v) is 9.68. The maximum absolute atomic E-state index is 14.0. The Kier molecular flexibility index (Phi) is 6.28. The average molecular weight is 419 g/mol. The third-order valence-corrected chi connectivity index (χ3v) is 6.60. The molecule has 1 heterocycles. The predicted octanol–water partition coefficient (Wildman–Crippen LogP) is 6.46. The molecule has 2 aromatic rings. The van der Waals surface area contributed by atoms with Gasteiger partial charge in [-0.2, -0.15) is 18.4 Å². The van der Waals surface area contributed by atoms with E-state index in [0.29, 0.717) is 30.7 Å². The molecule has 1 aliphatic rings. The lowest BCUT2D eigenvalue weighted by atomic mass is 9.70. The fourth-order valence-corrected chi connectivity index (χ4v) is 4.90. The number of benzene rings is 1. The maximum atomic E-state index is 14.0. The molecule has 0 unspecified atom stereocenters. The first-order chi connectivity index (χ1) is 13.6. The number of nitrogens with zero attached hydrogens (tertiary/aromatic N) is 2. The standard InChI is InChI=1S/C23H25F3N2S/c1-22(2,3)16-9-10-19-17(13-16)20(23(24,25)26)18(14-27)21(28-19)29-12-11-15-7-5-4-6-8-15/h4-8,16H,9-13H2,1-3H3/t16-/m0/s1. The molecular weight excluding hydrogens is 393 g/mol. The number of halogens is 3. The Morgan fingerprint density at radius 1 is 1.17 bits per heavy atom. The zero-order valence-corrected chi connectivity index (χ0v) is 17.8. The van der Waals surface area contributed by atoms with Gasteiger partial charge in [-0.15, -0.1) is 11.8 Å². The molecule has 1 aliphatic carbocycles. The Morgan fingerprint density at radius 2 is 1.86 bits per heavy atom. The van der Waals surface area contributed by atoms with E-state index in [9.17, 15) is 18.4 Å². The monoisotopic (exact) mass is 418 g/mol. The van der Waals surface area contributed by atoms with Crippen LogP contribution in [0.25, 0.3) is 0 Å². The van der Waals surface area contributed by atoms with Gasteiger partial charge in [0.1, 0.15) is 11.1 Å². The SMILES string of the molecule is CC(C)(C)[C@H]1CCc2nc(SCCc3ccccc3)c(C#N)c(C(F)(F)F)c2C1. The van der Waals surface area contributed by atoms with Gasteiger partial charge in [-0.05, 0) is 48.1 Å². The summed E-state index contributed by atoms with van der Waals surface area (Å²) in [6, 6.07) is 11.6. The van der Waals surface area contributed by atoms with Crippen LogP contribution in [0.4, 0.5) is 13.2 Å². The van der Waals surface area contributed by atoms with Gasteiger partial charge in [-0.1, -0.05) is 51.1 Å². The van der Waals surface area contributed by atoms with Crippen molar-refractivity contribution in [2.24, 2.45) is 11.3 Å². The topological polar surface area (TPSA) is 36.7 Å². The van der Waals surface area contributed by atoms with Gasteiger partial charge in [-0.25, -0.2) is 4.98 Å². The molecule has 1 aromatic heterocycles. The third kappa shape index (κ3) is 4.95. The smallest absolute Gasteiger partial charge is 0.245 e. The molecular formula is C23H25F3N2S. The van der Waals surface area contributed by atoms with Crippen molar-refractivity contribution in [2.75, 3.05) is 5.75 Å². The molecule has 154 valence electrons. The first-order valence-electron chi connectivity index (χ1n) is 9.81. The van der Waals surface area contributed by atoms with Crippen LogP contribution in [0, 0.1) is 22.7 Å². The van der Waals surface area contributed by atoms with E-state index in [2.05, 4.69) is 25.8 Å². The summed E-state index contributed by atoms with van der Waals surface area (Å²) in [5.41, 5.74) is 0.688. The average Bonchev–Trinajstić information content (AvgIpc) is 2.65. The molecule has 0 saturated heterocycles. The van der Waals surface area contributed by atoms with Crippen LogP contribution in [0.3, 0.4) is 0 Å². The number of aromatic nitrogens is 1. The van der Waals surface area contributed by atoms with Crippen LogP contribution >= 0.6 is 11.8 Å². The van der Waals surface area contributed by atoms with E-state index >= 15 is 0 Å². The molecule has 0 bridgehead atoms. The molecule has 6 heteroatoms. The normalized spacial score (nSPS) is 16.9. The van der Waals surface area contributed by atoms with Crippen molar-refractivity contribution in [3.63, 3.8) is 0 Å². The quantitative estimate of drug-likeness (QED) is 0.535. The van der Waals surface area contributed by atoms with Crippen LogP contribution in [0.5, 0.6) is 0 Å². The van der Waals surface area contributed by atoms with Crippen molar-refractivity contribution in [2.45, 2.75) is 57.7 Å². The summed E-state index contributed by atoms with van der Waals surface area (Å²) < 4.78 is 42.1. The lowest BCUT2D eigenvalue weighted by Gasteiger charge is -2.36. The third-order valence-electron chi connectivity index (χ3n) is 5.62. The molecule has 0 spiro atoms. The number of alkyl halides is 3. The Morgan fingerprint density at radius 3 is 2.45 bits per heavy atom. The molecule has 0 amide bonds. The van der Waals surface area contributed by atoms with Gasteiger partial charge in [0.15, 0.2) is 0 Å². The summed E-state index contributed by atoms with van der Waals surface area (Å²) >= 11 is 1.24. The highest BCUT2D eigenvalue weighted by Gasteiger charge is 2.42. The number of nitriles is 1. The summed E-state index contributed by atoms with van der Waals surface area (Å²) in [4.78, 5) is 4.55. The van der Waals surface area contributed by atoms with E-state index in [4.69, 9.17) is 0 Å². The van der Waals surface area contributed by atoms with Crippen LogP contribution in [-0.2, 0) is 25.4 Å². The van der Waals surface area contributed by atoms with Crippen molar-refractivity contribution in [1.29, 1.82) is 5.26 Å². The minimum atomic E-state index is -4.56. The Bertz CT molecular complexity index is 909. The minimum absolute atomic E-state index is 0.0868. The maximum Gasteiger partial charge on any atom is 0.418 e. The van der Waals surface area contributed by atoms with E-state index in [1.807, 2.05) is 36.4 Å². The second kappa shape index (κ2) is 8.39. The van der Waals surface area contributed by atoms with Gasteiger partial charge in [-0.3, -0.25) is 0 Å². The van der Waals surface area contributed by atoms with E-state index in [1.165, 1.54) is 11.8 Å². The number of rotatable bonds is 4. The molecule has 29 heavy (non-hydrogen) atoms. The van der Waals surface area contributed by atoms with Gasteiger partial charge in [0.25, 0.3) is 0 Å². The predicted molar refractivity (Wildman–Crippen MR) is 110 cm³/mol. The molecule has 0 N–H and O–H groups in total. The minimum Gasteiger partial charge on any atom is -0.245 e. The zero-order valence-electron chi connectivity index (χ0n) is 16.9. The number of hydrogen-bond donors (Lipinski definition) is 0. The first-order valence-corrected chi connectivity index (χ1v) is 10.8. The highest BCUT2D eigenvalue weighted by Crippen LogP contribution is 2.45. The summed E-state index contributed by atoms with van der Waals surface area (Å²) in [5.74, 6) is 0.716. The number of pyridine rings is 1. The molecule has 2 nitrogen and oxygen atoms in total. The van der Waals surface area contributed by atoms with Crippen LogP contribution in [-0.4, -0.2) is 10.7 Å². The highest BCUT2D eigenvalue weighted by molar-refractivity contribution is 7.99. The highest BCUT2D eigenvalue weighted by atomic mass is 32.2. The Labute approximate surface area is 174 Å². The molecule has 3 rings (SSSR count). The van der Waals surface area contributed by atoms with Crippen LogP contribution in [0.2, 0.25) is 0 Å². The molecule has 0 aliphatic heterocycles. The number of thioether (sulfide) groups is 1. The van der Waals surface area contributed by atoms with E-state index in [-0.39, 0.29) is 27.5 Å². The van der Waals surface area contributed by atoms with Crippen LogP contribution in [0.1, 0.15) is 55.1 Å². The van der Waals surface area contributed by atoms with E-state index < -0.39 is 11.7 Å². The fourth-order valence-electron chi connectivity index (χ4n) is 3.90. The van der Waals surface area contributed by atoms with Crippen LogP contribution in [0.15, 0.2) is 35.4 Å². The van der Waals surface area contributed by atoms with Crippen molar-refractivity contribution in [3.8, 4) is 6.07 Å². The van der Waals surface area contributed by atoms with E-state index in [1.54, 1.807) is 0 Å². The second-order valence-electron chi connectivity index (χ2n) is 8.59. The van der Waals surface area contributed by atoms with Crippen molar-refractivity contribution < 1.29 is 13.2 Å². The van der Waals surface area contributed by atoms with Crippen molar-refractivity contribution in [1.82, 2.24) is 4.98 Å². The molecule has 0 saturated carbocycles. The summed E-state index contributed by atoms with van der Waals surface area (Å²) in [5, 5.41) is 9.81. The first kappa shape index (κ1) is 21.7. The van der Waals surface area contributed by atoms with Crippen molar-refractivity contribution >= 4 is 11.8 Å². The van der Waals surface area contributed by atoms with Gasteiger partial charge >= 0.3 is 6.18 Å². The molecule has 1 atom stereocenters. The Balaban J connectivity index is 1.96. The van der Waals surface area contributed by atoms with Crippen LogP contribution < -0.4 is 0 Å². The largest absolute Gasteiger partial charge is 0.418 e. The zero-order chi connectivity index (χ0) is 21.2. The lowest BCUT2D eigenvalue weighted by molar-refractivity contribution is -0.139. The van der Waals surface area contributed by atoms with Gasteiger partial charge in [0.05, 0.1) is 11.1 Å². The summed E-state index contributed by atoms with van der Waals surface area (Å²) in [7, 11) is 0. The Hall–Kier alpha value is -2.00. The van der Waals surface area contributed by atoms with Crippen molar-refractivity contribution in [3.05, 3.63) is 58.3 Å². The van der Waals surface area contributed by atoms with Gasteiger partial charge in [0.2, 0.25) is 0 Å². The lowest BCUT2D eigenvalue weighted by Crippen LogP contribution is -2.30. The number of aryl methyl sites for hydroxylation is 2. The molecule has 0 fully saturated rings.